The molecule has 0 radical (unpaired) electrons. The topological polar surface area (TPSA) is 108 Å². The van der Waals surface area contributed by atoms with Crippen LogP contribution in [-0.4, -0.2) is 29.9 Å². The molecule has 1 atom stereocenters. The number of carbonyl (C=O) groups is 3. The van der Waals surface area contributed by atoms with Gasteiger partial charge in [0.15, 0.2) is 6.61 Å². The molecular weight excluding hydrogens is 322 g/mol. The Balaban J connectivity index is 1.77. The van der Waals surface area contributed by atoms with Crippen molar-refractivity contribution in [3.8, 4) is 6.07 Å². The van der Waals surface area contributed by atoms with Crippen molar-refractivity contribution in [1.29, 1.82) is 5.26 Å². The molecule has 1 fully saturated rings. The van der Waals surface area contributed by atoms with Gasteiger partial charge in [0.25, 0.3) is 5.91 Å². The second-order valence-electron chi connectivity index (χ2n) is 6.35. The molecule has 7 heteroatoms. The molecule has 0 aromatic heterocycles. The standard InChI is InChI=1S/C18H21N3O4/c1-12(22)20-15-7-3-13(4-8-15)9-17(24)25-10-16(23)21-18(2,11-19)14-5-6-14/h3-4,7-8,14H,5-6,9-10H2,1-2H3,(H,20,22)(H,21,23)/t18-/m1/s1. The van der Waals surface area contributed by atoms with Gasteiger partial charge in [0.1, 0.15) is 5.54 Å². The number of nitriles is 1. The van der Waals surface area contributed by atoms with E-state index in [9.17, 15) is 19.6 Å². The Hall–Kier alpha value is -2.88. The zero-order valence-corrected chi connectivity index (χ0v) is 14.3. The molecule has 25 heavy (non-hydrogen) atoms. The molecule has 0 bridgehead atoms. The molecule has 0 spiro atoms. The molecule has 0 unspecified atom stereocenters. The van der Waals surface area contributed by atoms with Crippen LogP contribution in [0.2, 0.25) is 0 Å². The first-order valence-electron chi connectivity index (χ1n) is 8.07. The highest BCUT2D eigenvalue weighted by atomic mass is 16.5. The summed E-state index contributed by atoms with van der Waals surface area (Å²) in [5, 5.41) is 14.5. The summed E-state index contributed by atoms with van der Waals surface area (Å²) in [4.78, 5) is 34.6. The van der Waals surface area contributed by atoms with Gasteiger partial charge in [0.2, 0.25) is 5.91 Å². The quantitative estimate of drug-likeness (QED) is 0.730. The molecule has 1 aliphatic carbocycles. The minimum Gasteiger partial charge on any atom is -0.455 e. The maximum Gasteiger partial charge on any atom is 0.310 e. The fourth-order valence-corrected chi connectivity index (χ4v) is 2.48. The normalized spacial score (nSPS) is 15.4. The van der Waals surface area contributed by atoms with E-state index in [1.54, 1.807) is 31.2 Å². The van der Waals surface area contributed by atoms with Gasteiger partial charge in [-0.3, -0.25) is 14.4 Å². The summed E-state index contributed by atoms with van der Waals surface area (Å²) in [5.74, 6) is -1.02. The van der Waals surface area contributed by atoms with Gasteiger partial charge in [-0.1, -0.05) is 12.1 Å². The van der Waals surface area contributed by atoms with Crippen molar-refractivity contribution in [3.63, 3.8) is 0 Å². The van der Waals surface area contributed by atoms with Crippen molar-refractivity contribution >= 4 is 23.5 Å². The van der Waals surface area contributed by atoms with Crippen LogP contribution in [-0.2, 0) is 25.5 Å². The fraction of sp³-hybridized carbons (Fsp3) is 0.444. The lowest BCUT2D eigenvalue weighted by Gasteiger charge is -2.22. The first kappa shape index (κ1) is 18.5. The molecule has 1 aromatic carbocycles. The molecule has 1 aliphatic rings. The second kappa shape index (κ2) is 7.79. The van der Waals surface area contributed by atoms with E-state index in [4.69, 9.17) is 4.74 Å². The number of amides is 2. The van der Waals surface area contributed by atoms with E-state index in [0.29, 0.717) is 11.3 Å². The monoisotopic (exact) mass is 343 g/mol. The third kappa shape index (κ3) is 5.60. The van der Waals surface area contributed by atoms with Gasteiger partial charge in [0, 0.05) is 12.6 Å². The minimum absolute atomic E-state index is 0.0196. The molecule has 2 rings (SSSR count). The van der Waals surface area contributed by atoms with Gasteiger partial charge in [-0.25, -0.2) is 0 Å². The van der Waals surface area contributed by atoms with Crippen LogP contribution in [0.4, 0.5) is 5.69 Å². The van der Waals surface area contributed by atoms with E-state index in [0.717, 1.165) is 12.8 Å². The Kier molecular flexibility index (Phi) is 5.75. The van der Waals surface area contributed by atoms with Crippen LogP contribution in [0.1, 0.15) is 32.3 Å². The number of benzene rings is 1. The Morgan fingerprint density at radius 1 is 1.28 bits per heavy atom. The molecule has 7 nitrogen and oxygen atoms in total. The Morgan fingerprint density at radius 3 is 2.44 bits per heavy atom. The van der Waals surface area contributed by atoms with Crippen molar-refractivity contribution < 1.29 is 19.1 Å². The van der Waals surface area contributed by atoms with Gasteiger partial charge in [0.05, 0.1) is 12.5 Å². The van der Waals surface area contributed by atoms with Crippen LogP contribution in [0.25, 0.3) is 0 Å². The smallest absolute Gasteiger partial charge is 0.310 e. The number of carbonyl (C=O) groups excluding carboxylic acids is 3. The summed E-state index contributed by atoms with van der Waals surface area (Å²) in [7, 11) is 0. The summed E-state index contributed by atoms with van der Waals surface area (Å²) in [6.07, 6.45) is 1.85. The maximum atomic E-state index is 11.9. The molecular formula is C18H21N3O4. The van der Waals surface area contributed by atoms with Crippen LogP contribution < -0.4 is 10.6 Å². The third-order valence-corrected chi connectivity index (χ3v) is 4.01. The highest BCUT2D eigenvalue weighted by molar-refractivity contribution is 5.88. The number of nitrogens with one attached hydrogen (secondary N) is 2. The maximum absolute atomic E-state index is 11.9. The van der Waals surface area contributed by atoms with E-state index in [1.165, 1.54) is 6.92 Å². The zero-order chi connectivity index (χ0) is 18.4. The largest absolute Gasteiger partial charge is 0.455 e. The first-order chi connectivity index (χ1) is 11.8. The van der Waals surface area contributed by atoms with E-state index in [1.807, 2.05) is 0 Å². The Bertz CT molecular complexity index is 704. The van der Waals surface area contributed by atoms with Gasteiger partial charge in [-0.15, -0.1) is 0 Å². The molecule has 0 heterocycles. The summed E-state index contributed by atoms with van der Waals surface area (Å²) in [6.45, 7) is 2.69. The lowest BCUT2D eigenvalue weighted by molar-refractivity contribution is -0.148. The van der Waals surface area contributed by atoms with Crippen molar-refractivity contribution in [3.05, 3.63) is 29.8 Å². The second-order valence-corrected chi connectivity index (χ2v) is 6.35. The average molecular weight is 343 g/mol. The van der Waals surface area contributed by atoms with Crippen molar-refractivity contribution in [2.24, 2.45) is 5.92 Å². The fourth-order valence-electron chi connectivity index (χ4n) is 2.48. The third-order valence-electron chi connectivity index (χ3n) is 4.01. The molecule has 1 saturated carbocycles. The number of anilines is 1. The van der Waals surface area contributed by atoms with Crippen LogP contribution in [0, 0.1) is 17.2 Å². The summed E-state index contributed by atoms with van der Waals surface area (Å²) < 4.78 is 4.96. The van der Waals surface area contributed by atoms with E-state index in [-0.39, 0.29) is 18.2 Å². The van der Waals surface area contributed by atoms with Crippen LogP contribution in [0.5, 0.6) is 0 Å². The number of rotatable bonds is 7. The Labute approximate surface area is 146 Å². The number of hydrogen-bond donors (Lipinski definition) is 2. The lowest BCUT2D eigenvalue weighted by atomic mass is 9.98. The van der Waals surface area contributed by atoms with E-state index >= 15 is 0 Å². The molecule has 132 valence electrons. The minimum atomic E-state index is -0.900. The number of hydrogen-bond acceptors (Lipinski definition) is 5. The number of nitrogens with zero attached hydrogens (tertiary/aromatic N) is 1. The van der Waals surface area contributed by atoms with Crippen molar-refractivity contribution in [2.75, 3.05) is 11.9 Å². The predicted molar refractivity (Wildman–Crippen MR) is 90.3 cm³/mol. The summed E-state index contributed by atoms with van der Waals surface area (Å²) in [6, 6.07) is 8.89. The van der Waals surface area contributed by atoms with Crippen molar-refractivity contribution in [1.82, 2.24) is 5.32 Å². The molecule has 0 aliphatic heterocycles. The highest BCUT2D eigenvalue weighted by Crippen LogP contribution is 2.39. The van der Waals surface area contributed by atoms with Crippen LogP contribution in [0.3, 0.4) is 0 Å². The number of ether oxygens (including phenoxy) is 1. The summed E-state index contributed by atoms with van der Waals surface area (Å²) in [5.41, 5.74) is 0.447. The average Bonchev–Trinajstić information content (AvgIpc) is 3.39. The lowest BCUT2D eigenvalue weighted by Crippen LogP contribution is -2.48. The number of esters is 1. The van der Waals surface area contributed by atoms with Gasteiger partial charge in [-0.2, -0.15) is 5.26 Å². The van der Waals surface area contributed by atoms with Gasteiger partial charge >= 0.3 is 5.97 Å². The molecule has 0 saturated heterocycles. The molecule has 2 N–H and O–H groups in total. The van der Waals surface area contributed by atoms with E-state index < -0.39 is 24.0 Å². The SMILES string of the molecule is CC(=O)Nc1ccc(CC(=O)OCC(=O)N[C@](C)(C#N)C2CC2)cc1. The zero-order valence-electron chi connectivity index (χ0n) is 14.3. The van der Waals surface area contributed by atoms with E-state index in [2.05, 4.69) is 16.7 Å². The summed E-state index contributed by atoms with van der Waals surface area (Å²) >= 11 is 0. The first-order valence-corrected chi connectivity index (χ1v) is 8.07. The molecule has 2 amide bonds. The van der Waals surface area contributed by atoms with Gasteiger partial charge in [-0.05, 0) is 43.4 Å². The highest BCUT2D eigenvalue weighted by Gasteiger charge is 2.43. The van der Waals surface area contributed by atoms with Crippen molar-refractivity contribution in [2.45, 2.75) is 38.6 Å². The van der Waals surface area contributed by atoms with Crippen LogP contribution >= 0.6 is 0 Å². The van der Waals surface area contributed by atoms with Crippen LogP contribution in [0.15, 0.2) is 24.3 Å². The predicted octanol–water partition coefficient (Wildman–Crippen LogP) is 1.54. The Morgan fingerprint density at radius 2 is 1.92 bits per heavy atom. The van der Waals surface area contributed by atoms with Gasteiger partial charge < -0.3 is 15.4 Å². The molecule has 1 aromatic rings.